The van der Waals surface area contributed by atoms with Crippen molar-refractivity contribution >= 4 is 41.0 Å². The second-order valence-electron chi connectivity index (χ2n) is 11.0. The summed E-state index contributed by atoms with van der Waals surface area (Å²) < 4.78 is 0.504. The van der Waals surface area contributed by atoms with Crippen molar-refractivity contribution in [3.05, 3.63) is 82.6 Å². The number of hydrogen-bond donors (Lipinski definition) is 5. The Morgan fingerprint density at radius 1 is 0.929 bits per heavy atom. The first kappa shape index (κ1) is 31.2. The molecule has 222 valence electrons. The zero-order chi connectivity index (χ0) is 29.2. The lowest BCUT2D eigenvalue weighted by Crippen LogP contribution is -3.00. The lowest BCUT2D eigenvalue weighted by atomic mass is 9.72. The molecule has 4 heterocycles. The number of quaternary nitrogens is 1. The van der Waals surface area contributed by atoms with Gasteiger partial charge in [0.1, 0.15) is 12.6 Å². The average molecular weight is 657 g/mol. The highest BCUT2D eigenvalue weighted by Crippen LogP contribution is 2.44. The minimum absolute atomic E-state index is 0. The Balaban J connectivity index is 0.00000405. The van der Waals surface area contributed by atoms with Crippen LogP contribution in [0.5, 0.6) is 0 Å². The van der Waals surface area contributed by atoms with Gasteiger partial charge in [0.2, 0.25) is 0 Å². The van der Waals surface area contributed by atoms with E-state index in [1.807, 2.05) is 60.7 Å². The Morgan fingerprint density at radius 3 is 2.00 bits per heavy atom. The number of fused-ring (bicyclic) bond motifs is 3. The summed E-state index contributed by atoms with van der Waals surface area (Å²) in [5.74, 6) is -1.07. The molecule has 2 bridgehead atoms. The first-order valence-corrected chi connectivity index (χ1v) is 14.0. The number of primary amides is 1. The van der Waals surface area contributed by atoms with Crippen molar-refractivity contribution < 1.29 is 31.1 Å². The number of rotatable bonds is 8. The Kier molecular flexibility index (Phi) is 9.39. The summed E-state index contributed by atoms with van der Waals surface area (Å²) in [5.41, 5.74) is 25.0. The monoisotopic (exact) mass is 655 g/mol. The Hall–Kier alpha value is -3.74. The fourth-order valence-electron chi connectivity index (χ4n) is 6.57. The topological polar surface area (TPSA) is 188 Å². The van der Waals surface area contributed by atoms with Gasteiger partial charge in [-0.25, -0.2) is 15.0 Å². The molecule has 0 aliphatic carbocycles. The van der Waals surface area contributed by atoms with Crippen LogP contribution in [0.15, 0.2) is 65.7 Å². The molecule has 9 N–H and O–H groups in total. The molecule has 3 saturated heterocycles. The van der Waals surface area contributed by atoms with Gasteiger partial charge in [-0.1, -0.05) is 72.3 Å². The van der Waals surface area contributed by atoms with Crippen LogP contribution >= 0.6 is 11.6 Å². The van der Waals surface area contributed by atoms with Gasteiger partial charge in [0, 0.05) is 25.7 Å². The number of carbonyl (C=O) groups is 2. The molecule has 0 unspecified atom stereocenters. The second kappa shape index (κ2) is 12.6. The van der Waals surface area contributed by atoms with E-state index in [0.717, 1.165) is 37.1 Å². The van der Waals surface area contributed by atoms with Crippen molar-refractivity contribution in [1.29, 1.82) is 0 Å². The number of piperidine rings is 3. The molecule has 0 radical (unpaired) electrons. The van der Waals surface area contributed by atoms with E-state index in [2.05, 4.69) is 15.3 Å². The number of benzene rings is 2. The average Bonchev–Trinajstić information content (AvgIpc) is 2.96. The highest BCUT2D eigenvalue weighted by atomic mass is 79.9. The summed E-state index contributed by atoms with van der Waals surface area (Å²) in [5, 5.41) is 2.42. The molecule has 13 heteroatoms. The van der Waals surface area contributed by atoms with Crippen molar-refractivity contribution in [2.24, 2.45) is 22.4 Å². The van der Waals surface area contributed by atoms with Gasteiger partial charge in [0.25, 0.3) is 11.8 Å². The van der Waals surface area contributed by atoms with Crippen LogP contribution in [0.3, 0.4) is 0 Å². The Bertz CT molecular complexity index is 1420. The molecule has 6 rings (SSSR count). The third-order valence-corrected chi connectivity index (χ3v) is 8.93. The van der Waals surface area contributed by atoms with Crippen LogP contribution in [0.1, 0.15) is 34.5 Å². The van der Waals surface area contributed by atoms with Gasteiger partial charge in [0.15, 0.2) is 34.0 Å². The zero-order valence-corrected chi connectivity index (χ0v) is 25.4. The summed E-state index contributed by atoms with van der Waals surface area (Å²) >= 11 is 5.93. The maximum atomic E-state index is 13.7. The molecule has 2 amide bonds. The third-order valence-electron chi connectivity index (χ3n) is 8.65. The summed E-state index contributed by atoms with van der Waals surface area (Å²) in [4.78, 5) is 39.0. The van der Waals surface area contributed by atoms with E-state index < -0.39 is 11.4 Å². The summed E-state index contributed by atoms with van der Waals surface area (Å²) in [7, 11) is 0. The fourth-order valence-corrected chi connectivity index (χ4v) is 6.70. The van der Waals surface area contributed by atoms with E-state index in [0.29, 0.717) is 23.9 Å². The van der Waals surface area contributed by atoms with E-state index in [1.54, 1.807) is 0 Å². The normalized spacial score (nSPS) is 21.8. The molecule has 3 aromatic rings. The molecule has 1 aromatic heterocycles. The number of nitrogens with zero attached hydrogens (tertiary/aromatic N) is 4. The van der Waals surface area contributed by atoms with Gasteiger partial charge >= 0.3 is 0 Å². The number of halogens is 2. The van der Waals surface area contributed by atoms with E-state index >= 15 is 0 Å². The molecule has 2 aromatic carbocycles. The molecular weight excluding hydrogens is 622 g/mol. The molecule has 3 fully saturated rings. The van der Waals surface area contributed by atoms with Crippen LogP contribution in [0.4, 0.5) is 11.6 Å². The molecular formula is C29H35BrClN9O2. The molecule has 11 nitrogen and oxygen atoms in total. The number of hydrogen-bond acceptors (Lipinski definition) is 7. The highest BCUT2D eigenvalue weighted by molar-refractivity contribution is 6.31. The number of carbonyl (C=O) groups excluding carboxylic acids is 2. The quantitative estimate of drug-likeness (QED) is 0.113. The number of aromatic nitrogens is 2. The van der Waals surface area contributed by atoms with E-state index in [4.69, 9.17) is 39.5 Å². The largest absolute Gasteiger partial charge is 1.00 e. The standard InChI is InChI=1S/C29H34ClN9O2.BrH/c30-23-25(32)37-24(31)22(36-23)26(40)38-28(34)35-21-17-39(13-11-20(21)12-14-39)29(27(33)41,15-18-7-3-1-4-8-18)16-19-9-5-2-6-10-19;/h1-10,20-21H,11-17H2,(H8-,31,32,33,34,35,37,38,40,41);1H/t20?,21-,39?;/m1./s1. The van der Waals surface area contributed by atoms with Gasteiger partial charge < -0.3 is 44.4 Å². The molecule has 3 aliphatic rings. The van der Waals surface area contributed by atoms with Crippen molar-refractivity contribution in [3.8, 4) is 0 Å². The van der Waals surface area contributed by atoms with Crippen molar-refractivity contribution in [2.75, 3.05) is 31.1 Å². The van der Waals surface area contributed by atoms with Crippen LogP contribution in [-0.4, -0.2) is 63.4 Å². The number of guanidine groups is 1. The van der Waals surface area contributed by atoms with Crippen LogP contribution in [0.2, 0.25) is 5.15 Å². The molecule has 0 saturated carbocycles. The lowest BCUT2D eigenvalue weighted by molar-refractivity contribution is -0.980. The zero-order valence-electron chi connectivity index (χ0n) is 23.0. The van der Waals surface area contributed by atoms with Crippen LogP contribution in [-0.2, 0) is 17.6 Å². The SMILES string of the molecule is NC(=O)C(Cc1ccccc1)(Cc1ccccc1)[N+]12CCC(CC1)[C@H](N=C(N)NC(=O)c1nc(Cl)c(N)nc1N)C2.[Br-]. The predicted molar refractivity (Wildman–Crippen MR) is 159 cm³/mol. The van der Waals surface area contributed by atoms with Crippen molar-refractivity contribution in [3.63, 3.8) is 0 Å². The minimum Gasteiger partial charge on any atom is -1.00 e. The third kappa shape index (κ3) is 6.06. The van der Waals surface area contributed by atoms with Crippen LogP contribution in [0, 0.1) is 5.92 Å². The van der Waals surface area contributed by atoms with E-state index in [-0.39, 0.29) is 63.3 Å². The smallest absolute Gasteiger partial charge is 0.280 e. The van der Waals surface area contributed by atoms with Gasteiger partial charge in [-0.05, 0) is 17.0 Å². The van der Waals surface area contributed by atoms with Gasteiger partial charge in [-0.15, -0.1) is 0 Å². The lowest BCUT2D eigenvalue weighted by Gasteiger charge is -2.59. The number of nitrogens with two attached hydrogens (primary N) is 4. The van der Waals surface area contributed by atoms with Crippen LogP contribution in [0.25, 0.3) is 0 Å². The summed E-state index contributed by atoms with van der Waals surface area (Å²) in [6, 6.07) is 19.8. The van der Waals surface area contributed by atoms with Crippen LogP contribution < -0.4 is 45.2 Å². The van der Waals surface area contributed by atoms with Gasteiger partial charge in [-0.2, -0.15) is 0 Å². The minimum atomic E-state index is -0.898. The maximum Gasteiger partial charge on any atom is 0.280 e. The number of anilines is 2. The number of amides is 2. The van der Waals surface area contributed by atoms with Gasteiger partial charge in [0.05, 0.1) is 13.1 Å². The number of aliphatic imine (C=N–C) groups is 1. The summed E-state index contributed by atoms with van der Waals surface area (Å²) in [6.07, 6.45) is 2.72. The number of nitrogen functional groups attached to an aromatic ring is 2. The van der Waals surface area contributed by atoms with E-state index in [1.165, 1.54) is 0 Å². The summed E-state index contributed by atoms with van der Waals surface area (Å²) in [6.45, 7) is 2.18. The Labute approximate surface area is 260 Å². The molecule has 0 spiro atoms. The van der Waals surface area contributed by atoms with Crippen molar-refractivity contribution in [2.45, 2.75) is 37.3 Å². The molecule has 3 aliphatic heterocycles. The predicted octanol–water partition coefficient (Wildman–Crippen LogP) is -1.34. The highest BCUT2D eigenvalue weighted by Gasteiger charge is 2.61. The van der Waals surface area contributed by atoms with Crippen molar-refractivity contribution in [1.82, 2.24) is 15.3 Å². The van der Waals surface area contributed by atoms with E-state index in [9.17, 15) is 9.59 Å². The van der Waals surface area contributed by atoms with Gasteiger partial charge in [-0.3, -0.25) is 14.9 Å². The second-order valence-corrected chi connectivity index (χ2v) is 11.4. The number of nitrogens with one attached hydrogen (secondary N) is 1. The maximum absolute atomic E-state index is 13.7. The molecule has 1 atom stereocenters. The first-order chi connectivity index (χ1) is 19.6. The molecule has 42 heavy (non-hydrogen) atoms. The Morgan fingerprint density at radius 2 is 1.48 bits per heavy atom. The first-order valence-electron chi connectivity index (χ1n) is 13.6. The fraction of sp³-hybridized carbons (Fsp3) is 0.345.